The molecule has 0 atom stereocenters. The largest absolute Gasteiger partial charge is 0.302 e. The molecular formula is C10H11BrN2O2. The zero-order valence-electron chi connectivity index (χ0n) is 8.36. The molecule has 80 valence electrons. The van der Waals surface area contributed by atoms with Crippen LogP contribution in [0.1, 0.15) is 11.1 Å². The Bertz CT molecular complexity index is 420. The minimum absolute atomic E-state index is 0.163. The number of halogens is 1. The Hall–Kier alpha value is -0.940. The van der Waals surface area contributed by atoms with Crippen molar-refractivity contribution in [3.05, 3.63) is 37.8 Å². The summed E-state index contributed by atoms with van der Waals surface area (Å²) in [5, 5.41) is 10.7. The molecule has 1 aliphatic heterocycles. The van der Waals surface area contributed by atoms with Gasteiger partial charge in [-0.1, -0.05) is 15.9 Å². The molecule has 1 aliphatic rings. The lowest BCUT2D eigenvalue weighted by Gasteiger charge is -2.25. The fraction of sp³-hybridized carbons (Fsp3) is 0.400. The fourth-order valence-corrected chi connectivity index (χ4v) is 2.56. The second-order valence-corrected chi connectivity index (χ2v) is 4.66. The van der Waals surface area contributed by atoms with Gasteiger partial charge in [-0.2, -0.15) is 0 Å². The highest BCUT2D eigenvalue weighted by Crippen LogP contribution is 2.30. The highest BCUT2D eigenvalue weighted by Gasteiger charge is 2.19. The van der Waals surface area contributed by atoms with E-state index in [4.69, 9.17) is 0 Å². The molecule has 1 aromatic rings. The lowest BCUT2D eigenvalue weighted by molar-refractivity contribution is -0.385. The third-order valence-corrected chi connectivity index (χ3v) is 3.37. The Morgan fingerprint density at radius 3 is 2.93 bits per heavy atom. The molecule has 0 unspecified atom stereocenters. The molecule has 0 fully saturated rings. The first-order chi connectivity index (χ1) is 7.08. The van der Waals surface area contributed by atoms with Crippen molar-refractivity contribution in [3.8, 4) is 0 Å². The van der Waals surface area contributed by atoms with E-state index in [1.54, 1.807) is 12.1 Å². The van der Waals surface area contributed by atoms with Gasteiger partial charge in [0, 0.05) is 29.7 Å². The molecule has 0 saturated carbocycles. The van der Waals surface area contributed by atoms with Crippen molar-refractivity contribution in [1.29, 1.82) is 0 Å². The normalized spacial score (nSPS) is 16.1. The van der Waals surface area contributed by atoms with Gasteiger partial charge >= 0.3 is 0 Å². The van der Waals surface area contributed by atoms with Gasteiger partial charge in [-0.25, -0.2) is 0 Å². The highest BCUT2D eigenvalue weighted by molar-refractivity contribution is 9.10. The molecule has 2 rings (SSSR count). The topological polar surface area (TPSA) is 46.4 Å². The summed E-state index contributed by atoms with van der Waals surface area (Å²) in [5.41, 5.74) is 2.43. The van der Waals surface area contributed by atoms with Crippen LogP contribution < -0.4 is 0 Å². The van der Waals surface area contributed by atoms with E-state index >= 15 is 0 Å². The predicted molar refractivity (Wildman–Crippen MR) is 60.8 cm³/mol. The summed E-state index contributed by atoms with van der Waals surface area (Å²) in [6.07, 6.45) is 0.949. The van der Waals surface area contributed by atoms with Gasteiger partial charge in [0.1, 0.15) is 0 Å². The molecule has 5 heteroatoms. The number of fused-ring (bicyclic) bond motifs is 1. The predicted octanol–water partition coefficient (Wildman–Crippen LogP) is 2.35. The van der Waals surface area contributed by atoms with Crippen molar-refractivity contribution in [2.75, 3.05) is 13.6 Å². The van der Waals surface area contributed by atoms with E-state index in [0.29, 0.717) is 0 Å². The van der Waals surface area contributed by atoms with Gasteiger partial charge in [0.15, 0.2) is 0 Å². The number of nitrogens with zero attached hydrogens (tertiary/aromatic N) is 2. The molecule has 0 N–H and O–H groups in total. The van der Waals surface area contributed by atoms with E-state index in [1.807, 2.05) is 7.05 Å². The molecule has 0 bridgehead atoms. The second-order valence-electron chi connectivity index (χ2n) is 3.81. The van der Waals surface area contributed by atoms with Crippen LogP contribution >= 0.6 is 15.9 Å². The maximum absolute atomic E-state index is 10.7. The molecule has 1 aromatic carbocycles. The molecule has 0 amide bonds. The molecule has 1 heterocycles. The quantitative estimate of drug-likeness (QED) is 0.581. The van der Waals surface area contributed by atoms with E-state index in [0.717, 1.165) is 29.5 Å². The van der Waals surface area contributed by atoms with E-state index < -0.39 is 0 Å². The fourth-order valence-electron chi connectivity index (χ4n) is 1.88. The van der Waals surface area contributed by atoms with E-state index in [1.165, 1.54) is 5.56 Å². The number of nitro groups is 1. The average molecular weight is 271 g/mol. The van der Waals surface area contributed by atoms with Gasteiger partial charge in [0.2, 0.25) is 0 Å². The molecule has 0 aliphatic carbocycles. The Labute approximate surface area is 96.2 Å². The molecule has 0 saturated heterocycles. The summed E-state index contributed by atoms with van der Waals surface area (Å²) in [7, 11) is 2.02. The Morgan fingerprint density at radius 2 is 2.27 bits per heavy atom. The SMILES string of the molecule is CN1CCc2c(Br)cc([N+](=O)[O-])cc2C1. The van der Waals surface area contributed by atoms with Crippen molar-refractivity contribution < 1.29 is 4.92 Å². The number of nitro benzene ring substituents is 1. The van der Waals surface area contributed by atoms with Crippen molar-refractivity contribution in [2.24, 2.45) is 0 Å². The average Bonchev–Trinajstić information content (AvgIpc) is 2.16. The number of rotatable bonds is 1. The van der Waals surface area contributed by atoms with Gasteiger partial charge < -0.3 is 4.90 Å². The molecule has 0 radical (unpaired) electrons. The van der Waals surface area contributed by atoms with Crippen LogP contribution in [0.2, 0.25) is 0 Å². The van der Waals surface area contributed by atoms with Crippen LogP contribution in [0.5, 0.6) is 0 Å². The van der Waals surface area contributed by atoms with Crippen LogP contribution in [0.15, 0.2) is 16.6 Å². The lowest BCUT2D eigenvalue weighted by atomic mass is 9.99. The number of likely N-dealkylation sites (N-methyl/N-ethyl adjacent to an activating group) is 1. The zero-order chi connectivity index (χ0) is 11.0. The minimum atomic E-state index is -0.348. The summed E-state index contributed by atoms with van der Waals surface area (Å²) in [6.45, 7) is 1.79. The molecule has 0 aromatic heterocycles. The minimum Gasteiger partial charge on any atom is -0.302 e. The van der Waals surface area contributed by atoms with Crippen LogP contribution in [0.4, 0.5) is 5.69 Å². The first-order valence-electron chi connectivity index (χ1n) is 4.72. The summed E-state index contributed by atoms with van der Waals surface area (Å²) in [6, 6.07) is 3.26. The van der Waals surface area contributed by atoms with Gasteiger partial charge in [0.05, 0.1) is 4.92 Å². The van der Waals surface area contributed by atoms with Crippen LogP contribution in [-0.2, 0) is 13.0 Å². The maximum atomic E-state index is 10.7. The van der Waals surface area contributed by atoms with Crippen LogP contribution in [0.25, 0.3) is 0 Å². The van der Waals surface area contributed by atoms with Crippen LogP contribution in [0, 0.1) is 10.1 Å². The van der Waals surface area contributed by atoms with Crippen molar-refractivity contribution in [1.82, 2.24) is 4.90 Å². The molecule has 15 heavy (non-hydrogen) atoms. The standard InChI is InChI=1S/C10H11BrN2O2/c1-12-3-2-9-7(6-12)4-8(13(14)15)5-10(9)11/h4-5H,2-3,6H2,1H3. The Morgan fingerprint density at radius 1 is 1.53 bits per heavy atom. The third-order valence-electron chi connectivity index (χ3n) is 2.67. The smallest absolute Gasteiger partial charge is 0.270 e. The summed E-state index contributed by atoms with van der Waals surface area (Å²) >= 11 is 3.40. The maximum Gasteiger partial charge on any atom is 0.270 e. The van der Waals surface area contributed by atoms with Crippen molar-refractivity contribution >= 4 is 21.6 Å². The van der Waals surface area contributed by atoms with Gasteiger partial charge in [-0.15, -0.1) is 0 Å². The highest BCUT2D eigenvalue weighted by atomic mass is 79.9. The Kier molecular flexibility index (Phi) is 2.75. The van der Waals surface area contributed by atoms with Gasteiger partial charge in [-0.05, 0) is 24.6 Å². The zero-order valence-corrected chi connectivity index (χ0v) is 9.95. The van der Waals surface area contributed by atoms with Gasteiger partial charge in [-0.3, -0.25) is 10.1 Å². The number of hydrogen-bond donors (Lipinski definition) is 0. The van der Waals surface area contributed by atoms with Gasteiger partial charge in [0.25, 0.3) is 5.69 Å². The lowest BCUT2D eigenvalue weighted by Crippen LogP contribution is -2.26. The van der Waals surface area contributed by atoms with Crippen LogP contribution in [0.3, 0.4) is 0 Å². The second kappa shape index (κ2) is 3.90. The Balaban J connectivity index is 2.48. The summed E-state index contributed by atoms with van der Waals surface area (Å²) < 4.78 is 0.861. The van der Waals surface area contributed by atoms with Crippen LogP contribution in [-0.4, -0.2) is 23.4 Å². The number of benzene rings is 1. The van der Waals surface area contributed by atoms with E-state index in [-0.39, 0.29) is 10.6 Å². The first kappa shape index (κ1) is 10.6. The number of non-ortho nitro benzene ring substituents is 1. The number of hydrogen-bond acceptors (Lipinski definition) is 3. The molecule has 4 nitrogen and oxygen atoms in total. The summed E-state index contributed by atoms with van der Waals surface area (Å²) in [5.74, 6) is 0. The van der Waals surface area contributed by atoms with E-state index in [2.05, 4.69) is 20.8 Å². The monoisotopic (exact) mass is 270 g/mol. The van der Waals surface area contributed by atoms with Crippen molar-refractivity contribution in [3.63, 3.8) is 0 Å². The van der Waals surface area contributed by atoms with E-state index in [9.17, 15) is 10.1 Å². The third kappa shape index (κ3) is 2.03. The first-order valence-corrected chi connectivity index (χ1v) is 5.51. The molecule has 0 spiro atoms. The summed E-state index contributed by atoms with van der Waals surface area (Å²) in [4.78, 5) is 12.5. The molecular weight excluding hydrogens is 260 g/mol. The van der Waals surface area contributed by atoms with Crippen molar-refractivity contribution in [2.45, 2.75) is 13.0 Å².